The van der Waals surface area contributed by atoms with Gasteiger partial charge in [0.2, 0.25) is 0 Å². The SMILES string of the molecule is CC=CC1SC(c2ncc(Cl)c(Nc3cc(C4CC4)[nH]n3)n2)=CC1C. The van der Waals surface area contributed by atoms with Crippen LogP contribution in [0.3, 0.4) is 0 Å². The van der Waals surface area contributed by atoms with Crippen molar-refractivity contribution in [3.63, 3.8) is 0 Å². The molecule has 130 valence electrons. The van der Waals surface area contributed by atoms with Crippen LogP contribution in [0.1, 0.15) is 44.1 Å². The van der Waals surface area contributed by atoms with Crippen molar-refractivity contribution in [2.45, 2.75) is 37.9 Å². The number of hydrogen-bond donors (Lipinski definition) is 2. The fraction of sp³-hybridized carbons (Fsp3) is 0.389. The molecule has 1 fully saturated rings. The first-order valence-electron chi connectivity index (χ1n) is 8.50. The third kappa shape index (κ3) is 3.60. The van der Waals surface area contributed by atoms with E-state index in [1.165, 1.54) is 18.5 Å². The molecule has 0 bridgehead atoms. The van der Waals surface area contributed by atoms with E-state index >= 15 is 0 Å². The molecule has 2 atom stereocenters. The lowest BCUT2D eigenvalue weighted by Crippen LogP contribution is -2.03. The first-order chi connectivity index (χ1) is 12.1. The Labute approximate surface area is 156 Å². The lowest BCUT2D eigenvalue weighted by molar-refractivity contribution is 0.774. The summed E-state index contributed by atoms with van der Waals surface area (Å²) in [7, 11) is 0. The van der Waals surface area contributed by atoms with Crippen LogP contribution < -0.4 is 5.32 Å². The van der Waals surface area contributed by atoms with Gasteiger partial charge >= 0.3 is 0 Å². The summed E-state index contributed by atoms with van der Waals surface area (Å²) in [6, 6.07) is 2.03. The monoisotopic (exact) mass is 373 g/mol. The molecule has 4 rings (SSSR count). The molecule has 2 aliphatic rings. The zero-order chi connectivity index (χ0) is 17.4. The number of nitrogens with one attached hydrogen (secondary N) is 2. The van der Waals surface area contributed by atoms with Crippen LogP contribution in [-0.2, 0) is 0 Å². The molecule has 1 aliphatic carbocycles. The van der Waals surface area contributed by atoms with Gasteiger partial charge < -0.3 is 5.32 Å². The average molecular weight is 374 g/mol. The Hall–Kier alpha value is -1.79. The molecular formula is C18H20ClN5S. The van der Waals surface area contributed by atoms with Crippen LogP contribution in [0.2, 0.25) is 5.02 Å². The van der Waals surface area contributed by atoms with Gasteiger partial charge in [0.15, 0.2) is 17.5 Å². The molecule has 2 aromatic rings. The van der Waals surface area contributed by atoms with Crippen molar-refractivity contribution in [1.82, 2.24) is 20.2 Å². The zero-order valence-electron chi connectivity index (χ0n) is 14.2. The molecule has 0 aromatic carbocycles. The number of anilines is 2. The number of hydrogen-bond acceptors (Lipinski definition) is 5. The minimum atomic E-state index is 0.433. The minimum Gasteiger partial charge on any atom is -0.322 e. The van der Waals surface area contributed by atoms with Gasteiger partial charge in [-0.25, -0.2) is 9.97 Å². The summed E-state index contributed by atoms with van der Waals surface area (Å²) in [4.78, 5) is 10.1. The first-order valence-corrected chi connectivity index (χ1v) is 9.76. The zero-order valence-corrected chi connectivity index (χ0v) is 15.7. The molecule has 0 spiro atoms. The van der Waals surface area contributed by atoms with Crippen LogP contribution in [0.25, 0.3) is 4.91 Å². The fourth-order valence-corrected chi connectivity index (χ4v) is 4.31. The molecule has 0 radical (unpaired) electrons. The van der Waals surface area contributed by atoms with E-state index in [0.717, 1.165) is 10.7 Å². The van der Waals surface area contributed by atoms with Crippen LogP contribution in [0.5, 0.6) is 0 Å². The molecule has 2 N–H and O–H groups in total. The predicted octanol–water partition coefficient (Wildman–Crippen LogP) is 5.14. The molecule has 0 amide bonds. The summed E-state index contributed by atoms with van der Waals surface area (Å²) < 4.78 is 0. The number of rotatable bonds is 5. The van der Waals surface area contributed by atoms with E-state index in [1.54, 1.807) is 18.0 Å². The van der Waals surface area contributed by atoms with E-state index in [1.807, 2.05) is 13.0 Å². The Kier molecular flexibility index (Phi) is 4.56. The van der Waals surface area contributed by atoms with Gasteiger partial charge in [-0.1, -0.05) is 36.8 Å². The highest BCUT2D eigenvalue weighted by molar-refractivity contribution is 8.09. The second kappa shape index (κ2) is 6.84. The summed E-state index contributed by atoms with van der Waals surface area (Å²) in [5, 5.41) is 11.5. The maximum absolute atomic E-state index is 6.28. The summed E-state index contributed by atoms with van der Waals surface area (Å²) in [6.07, 6.45) is 10.7. The molecule has 7 heteroatoms. The van der Waals surface area contributed by atoms with Crippen LogP contribution >= 0.6 is 23.4 Å². The van der Waals surface area contributed by atoms with Crippen LogP contribution in [0, 0.1) is 5.92 Å². The predicted molar refractivity (Wildman–Crippen MR) is 104 cm³/mol. The largest absolute Gasteiger partial charge is 0.322 e. The number of thioether (sulfide) groups is 1. The van der Waals surface area contributed by atoms with Crippen molar-refractivity contribution >= 4 is 39.9 Å². The standard InChI is InChI=1S/C18H20ClN5S/c1-3-4-14-10(2)7-15(25-14)18-20-9-12(19)17(22-18)21-16-8-13(23-24-16)11-5-6-11/h3-4,7-11,14H,5-6H2,1-2H3,(H2,20,21,22,23,24). The van der Waals surface area contributed by atoms with E-state index in [9.17, 15) is 0 Å². The number of halogens is 1. The minimum absolute atomic E-state index is 0.433. The highest BCUT2D eigenvalue weighted by Crippen LogP contribution is 2.42. The quantitative estimate of drug-likeness (QED) is 0.710. The molecule has 5 nitrogen and oxygen atoms in total. The maximum atomic E-state index is 6.28. The van der Waals surface area contributed by atoms with Gasteiger partial charge in [0, 0.05) is 27.8 Å². The van der Waals surface area contributed by atoms with Gasteiger partial charge in [0.05, 0.1) is 6.20 Å². The van der Waals surface area contributed by atoms with Gasteiger partial charge in [-0.15, -0.1) is 11.8 Å². The molecule has 2 unspecified atom stereocenters. The van der Waals surface area contributed by atoms with Gasteiger partial charge in [0.25, 0.3) is 0 Å². The molecule has 1 saturated carbocycles. The maximum Gasteiger partial charge on any atom is 0.167 e. The lowest BCUT2D eigenvalue weighted by atomic mass is 10.1. The number of aromatic amines is 1. The van der Waals surface area contributed by atoms with E-state index in [4.69, 9.17) is 11.6 Å². The number of nitrogens with zero attached hydrogens (tertiary/aromatic N) is 3. The Morgan fingerprint density at radius 1 is 1.40 bits per heavy atom. The van der Waals surface area contributed by atoms with Crippen LogP contribution in [-0.4, -0.2) is 25.4 Å². The second-order valence-electron chi connectivity index (χ2n) is 6.50. The third-order valence-corrected chi connectivity index (χ3v) is 6.11. The summed E-state index contributed by atoms with van der Waals surface area (Å²) in [5.74, 6) is 3.11. The van der Waals surface area contributed by atoms with Gasteiger partial charge in [0.1, 0.15) is 5.02 Å². The highest BCUT2D eigenvalue weighted by atomic mass is 35.5. The van der Waals surface area contributed by atoms with Crippen molar-refractivity contribution in [2.24, 2.45) is 5.92 Å². The second-order valence-corrected chi connectivity index (χ2v) is 8.12. The first kappa shape index (κ1) is 16.7. The van der Waals surface area contributed by atoms with Gasteiger partial charge in [-0.2, -0.15) is 5.10 Å². The normalized spacial score (nSPS) is 23.2. The number of allylic oxidation sites excluding steroid dienone is 2. The summed E-state index contributed by atoms with van der Waals surface area (Å²) in [5.41, 5.74) is 1.17. The highest BCUT2D eigenvalue weighted by Gasteiger charge is 2.27. The summed E-state index contributed by atoms with van der Waals surface area (Å²) >= 11 is 8.07. The molecule has 2 aromatic heterocycles. The van der Waals surface area contributed by atoms with Crippen molar-refractivity contribution in [3.05, 3.63) is 47.0 Å². The van der Waals surface area contributed by atoms with E-state index in [2.05, 4.69) is 50.6 Å². The molecule has 1 aliphatic heterocycles. The van der Waals surface area contributed by atoms with Crippen molar-refractivity contribution in [3.8, 4) is 0 Å². The number of aromatic nitrogens is 4. The summed E-state index contributed by atoms with van der Waals surface area (Å²) in [6.45, 7) is 4.26. The number of H-pyrrole nitrogens is 1. The Morgan fingerprint density at radius 3 is 3.00 bits per heavy atom. The fourth-order valence-electron chi connectivity index (χ4n) is 2.86. The Morgan fingerprint density at radius 2 is 2.24 bits per heavy atom. The van der Waals surface area contributed by atoms with Crippen molar-refractivity contribution < 1.29 is 0 Å². The Bertz CT molecular complexity index is 840. The van der Waals surface area contributed by atoms with Crippen molar-refractivity contribution in [1.29, 1.82) is 0 Å². The Balaban J connectivity index is 1.55. The molecule has 3 heterocycles. The van der Waals surface area contributed by atoms with E-state index in [-0.39, 0.29) is 0 Å². The van der Waals surface area contributed by atoms with Gasteiger partial charge in [-0.3, -0.25) is 5.10 Å². The van der Waals surface area contributed by atoms with Crippen LogP contribution in [0.4, 0.5) is 11.6 Å². The van der Waals surface area contributed by atoms with E-state index in [0.29, 0.717) is 33.8 Å². The molecule has 0 saturated heterocycles. The molecular weight excluding hydrogens is 354 g/mol. The van der Waals surface area contributed by atoms with Crippen molar-refractivity contribution in [2.75, 3.05) is 5.32 Å². The molecule has 25 heavy (non-hydrogen) atoms. The van der Waals surface area contributed by atoms with Crippen LogP contribution in [0.15, 0.2) is 30.5 Å². The lowest BCUT2D eigenvalue weighted by Gasteiger charge is -2.09. The van der Waals surface area contributed by atoms with E-state index < -0.39 is 0 Å². The third-order valence-electron chi connectivity index (χ3n) is 4.40. The smallest absolute Gasteiger partial charge is 0.167 e. The average Bonchev–Trinajstić information content (AvgIpc) is 3.24. The van der Waals surface area contributed by atoms with Gasteiger partial charge in [-0.05, 0) is 25.7 Å². The topological polar surface area (TPSA) is 66.5 Å².